The van der Waals surface area contributed by atoms with Crippen molar-refractivity contribution in [1.82, 2.24) is 0 Å². The average molecular weight is 270 g/mol. The normalized spacial score (nSPS) is 19.5. The topological polar surface area (TPSA) is 58.6 Å². The minimum Gasteiger partial charge on any atom is -0.478 e. The van der Waals surface area contributed by atoms with Crippen LogP contribution < -0.4 is 5.32 Å². The van der Waals surface area contributed by atoms with E-state index in [1.807, 2.05) is 0 Å². The van der Waals surface area contributed by atoms with E-state index in [9.17, 15) is 4.79 Å². The van der Waals surface area contributed by atoms with Crippen molar-refractivity contribution in [2.75, 3.05) is 25.1 Å². The summed E-state index contributed by atoms with van der Waals surface area (Å²) in [6, 6.07) is 4.85. The van der Waals surface area contributed by atoms with Crippen LogP contribution in [0.3, 0.4) is 0 Å². The summed E-state index contributed by atoms with van der Waals surface area (Å²) in [7, 11) is 0. The van der Waals surface area contributed by atoms with Crippen LogP contribution in [-0.4, -0.2) is 30.8 Å². The van der Waals surface area contributed by atoms with E-state index in [0.717, 1.165) is 32.6 Å². The predicted octanol–water partition coefficient (Wildman–Crippen LogP) is 2.88. The third-order valence-electron chi connectivity index (χ3n) is 3.05. The monoisotopic (exact) mass is 269 g/mol. The molecule has 2 rings (SSSR count). The van der Waals surface area contributed by atoms with Crippen LogP contribution in [0.4, 0.5) is 5.69 Å². The maximum absolute atomic E-state index is 11.1. The van der Waals surface area contributed by atoms with Gasteiger partial charge in [0.15, 0.2) is 0 Å². The van der Waals surface area contributed by atoms with Gasteiger partial charge >= 0.3 is 5.97 Å². The summed E-state index contributed by atoms with van der Waals surface area (Å²) in [5.74, 6) is -0.532. The second kappa shape index (κ2) is 6.07. The van der Waals surface area contributed by atoms with Crippen molar-refractivity contribution in [3.8, 4) is 0 Å². The number of carbonyl (C=O) groups is 1. The first kappa shape index (κ1) is 13.2. The molecule has 1 unspecified atom stereocenters. The largest absolute Gasteiger partial charge is 0.478 e. The molecule has 0 aliphatic carbocycles. The van der Waals surface area contributed by atoms with E-state index in [1.54, 1.807) is 12.1 Å². The molecular formula is C13H16ClNO3. The van der Waals surface area contributed by atoms with Crippen molar-refractivity contribution in [1.29, 1.82) is 0 Å². The third kappa shape index (κ3) is 3.37. The molecule has 98 valence electrons. The highest BCUT2D eigenvalue weighted by molar-refractivity contribution is 6.31. The molecule has 1 aromatic rings. The first-order valence-electron chi connectivity index (χ1n) is 6.01. The average Bonchev–Trinajstić information content (AvgIpc) is 2.38. The molecule has 1 aromatic carbocycles. The van der Waals surface area contributed by atoms with Gasteiger partial charge in [0.25, 0.3) is 0 Å². The Balaban J connectivity index is 2.01. The van der Waals surface area contributed by atoms with Crippen molar-refractivity contribution in [3.05, 3.63) is 28.8 Å². The van der Waals surface area contributed by atoms with Crippen LogP contribution in [0.25, 0.3) is 0 Å². The van der Waals surface area contributed by atoms with Crippen molar-refractivity contribution >= 4 is 23.3 Å². The van der Waals surface area contributed by atoms with Crippen LogP contribution >= 0.6 is 11.6 Å². The minimum atomic E-state index is -0.972. The lowest BCUT2D eigenvalue weighted by molar-refractivity contribution is 0.0595. The molecule has 0 bridgehead atoms. The fourth-order valence-corrected chi connectivity index (χ4v) is 2.24. The zero-order valence-corrected chi connectivity index (χ0v) is 10.7. The number of nitrogens with one attached hydrogen (secondary N) is 1. The van der Waals surface area contributed by atoms with Gasteiger partial charge in [0, 0.05) is 23.9 Å². The molecule has 1 aliphatic rings. The van der Waals surface area contributed by atoms with Crippen molar-refractivity contribution in [2.45, 2.75) is 12.8 Å². The van der Waals surface area contributed by atoms with Gasteiger partial charge < -0.3 is 15.2 Å². The molecule has 0 saturated carbocycles. The summed E-state index contributed by atoms with van der Waals surface area (Å²) in [6.07, 6.45) is 2.18. The molecule has 0 aromatic heterocycles. The summed E-state index contributed by atoms with van der Waals surface area (Å²) in [6.45, 7) is 2.29. The Morgan fingerprint density at radius 2 is 2.39 bits per heavy atom. The fourth-order valence-electron chi connectivity index (χ4n) is 2.07. The van der Waals surface area contributed by atoms with Crippen molar-refractivity contribution in [2.24, 2.45) is 5.92 Å². The zero-order valence-electron chi connectivity index (χ0n) is 9.99. The number of hydrogen-bond donors (Lipinski definition) is 2. The van der Waals surface area contributed by atoms with Crippen LogP contribution in [0.2, 0.25) is 5.02 Å². The highest BCUT2D eigenvalue weighted by Crippen LogP contribution is 2.22. The lowest BCUT2D eigenvalue weighted by Crippen LogP contribution is -2.24. The number of benzene rings is 1. The predicted molar refractivity (Wildman–Crippen MR) is 70.4 cm³/mol. The number of carboxylic acids is 1. The lowest BCUT2D eigenvalue weighted by Gasteiger charge is -2.23. The smallest absolute Gasteiger partial charge is 0.337 e. The molecule has 1 atom stereocenters. The Kier molecular flexibility index (Phi) is 4.44. The van der Waals surface area contributed by atoms with Gasteiger partial charge in [-0.15, -0.1) is 0 Å². The molecule has 1 aliphatic heterocycles. The van der Waals surface area contributed by atoms with E-state index in [1.165, 1.54) is 6.07 Å². The number of aromatic carboxylic acids is 1. The molecule has 1 heterocycles. The van der Waals surface area contributed by atoms with E-state index in [4.69, 9.17) is 21.4 Å². The van der Waals surface area contributed by atoms with Gasteiger partial charge in [-0.25, -0.2) is 4.79 Å². The number of ether oxygens (including phenoxy) is 1. The Hall–Kier alpha value is -1.26. The summed E-state index contributed by atoms with van der Waals surface area (Å²) < 4.78 is 5.39. The second-order valence-corrected chi connectivity index (χ2v) is 4.90. The van der Waals surface area contributed by atoms with Gasteiger partial charge in [-0.05, 0) is 37.0 Å². The van der Waals surface area contributed by atoms with Gasteiger partial charge in [-0.2, -0.15) is 0 Å². The molecule has 18 heavy (non-hydrogen) atoms. The Labute approximate surface area is 111 Å². The van der Waals surface area contributed by atoms with Gasteiger partial charge in [0.2, 0.25) is 0 Å². The number of carboxylic acid groups (broad SMARTS) is 1. The molecule has 1 fully saturated rings. The van der Waals surface area contributed by atoms with Gasteiger partial charge in [0.05, 0.1) is 12.2 Å². The second-order valence-electron chi connectivity index (χ2n) is 4.46. The first-order chi connectivity index (χ1) is 8.66. The van der Waals surface area contributed by atoms with Crippen LogP contribution in [-0.2, 0) is 4.74 Å². The van der Waals surface area contributed by atoms with Gasteiger partial charge in [0.1, 0.15) is 0 Å². The number of halogens is 1. The summed E-state index contributed by atoms with van der Waals surface area (Å²) in [5.41, 5.74) is 0.816. The van der Waals surface area contributed by atoms with Gasteiger partial charge in [-0.3, -0.25) is 0 Å². The van der Waals surface area contributed by atoms with E-state index < -0.39 is 5.97 Å². The maximum Gasteiger partial charge on any atom is 0.337 e. The van der Waals surface area contributed by atoms with Crippen molar-refractivity contribution < 1.29 is 14.6 Å². The number of anilines is 1. The molecule has 4 nitrogen and oxygen atoms in total. The minimum absolute atomic E-state index is 0.208. The van der Waals surface area contributed by atoms with Crippen LogP contribution in [0.5, 0.6) is 0 Å². The Morgan fingerprint density at radius 3 is 3.06 bits per heavy atom. The van der Waals surface area contributed by atoms with E-state index in [0.29, 0.717) is 16.6 Å². The highest BCUT2D eigenvalue weighted by Gasteiger charge is 2.15. The maximum atomic E-state index is 11.1. The molecule has 0 spiro atoms. The van der Waals surface area contributed by atoms with E-state index >= 15 is 0 Å². The number of rotatable bonds is 4. The quantitative estimate of drug-likeness (QED) is 0.882. The van der Waals surface area contributed by atoms with E-state index in [2.05, 4.69) is 5.32 Å². The first-order valence-corrected chi connectivity index (χ1v) is 6.39. The highest BCUT2D eigenvalue weighted by atomic mass is 35.5. The van der Waals surface area contributed by atoms with Gasteiger partial charge in [-0.1, -0.05) is 11.6 Å². The fraction of sp³-hybridized carbons (Fsp3) is 0.462. The third-order valence-corrected chi connectivity index (χ3v) is 3.28. The molecule has 2 N–H and O–H groups in total. The molecule has 5 heteroatoms. The van der Waals surface area contributed by atoms with E-state index in [-0.39, 0.29) is 5.56 Å². The number of hydrogen-bond acceptors (Lipinski definition) is 3. The standard InChI is InChI=1S/C13H16ClNO3/c14-10-3-4-12(11(6-10)13(16)17)15-7-9-2-1-5-18-8-9/h3-4,6,9,15H,1-2,5,7-8H2,(H,16,17). The van der Waals surface area contributed by atoms with Crippen LogP contribution in [0.15, 0.2) is 18.2 Å². The summed E-state index contributed by atoms with van der Waals surface area (Å²) in [5, 5.41) is 12.7. The molecule has 0 amide bonds. The Bertz CT molecular complexity index is 430. The SMILES string of the molecule is O=C(O)c1cc(Cl)ccc1NCC1CCCOC1. The van der Waals surface area contributed by atoms with Crippen LogP contribution in [0.1, 0.15) is 23.2 Å². The molecule has 0 radical (unpaired) electrons. The van der Waals surface area contributed by atoms with Crippen LogP contribution in [0, 0.1) is 5.92 Å². The zero-order chi connectivity index (χ0) is 13.0. The lowest BCUT2D eigenvalue weighted by atomic mass is 10.0. The molecular weight excluding hydrogens is 254 g/mol. The van der Waals surface area contributed by atoms with Crippen molar-refractivity contribution in [3.63, 3.8) is 0 Å². The molecule has 1 saturated heterocycles. The summed E-state index contributed by atoms with van der Waals surface area (Å²) in [4.78, 5) is 11.1. The summed E-state index contributed by atoms with van der Waals surface area (Å²) >= 11 is 5.80. The Morgan fingerprint density at radius 1 is 1.56 bits per heavy atom.